The molecule has 0 aromatic rings. The van der Waals surface area contributed by atoms with Crippen molar-refractivity contribution in [3.63, 3.8) is 0 Å². The van der Waals surface area contributed by atoms with Gasteiger partial charge in [-0.15, -0.1) is 0 Å². The molecule has 20 N–H and O–H groups in total. The summed E-state index contributed by atoms with van der Waals surface area (Å²) in [5.41, 5.74) is 0. The summed E-state index contributed by atoms with van der Waals surface area (Å²) in [7, 11) is 0. The first-order chi connectivity index (χ1) is 32.5. The number of hydrogen-bond donors (Lipinski definition) is 20. The Morgan fingerprint density at radius 3 is 1.59 bits per heavy atom. The number of aliphatic carboxylic acids is 1. The van der Waals surface area contributed by atoms with Crippen molar-refractivity contribution in [1.82, 2.24) is 10.6 Å². The van der Waals surface area contributed by atoms with Gasteiger partial charge in [-0.3, -0.25) is 9.59 Å². The fourth-order valence-electron chi connectivity index (χ4n) is 8.54. The van der Waals surface area contributed by atoms with Gasteiger partial charge < -0.3 is 145 Å². The van der Waals surface area contributed by atoms with Crippen LogP contribution in [0.2, 0.25) is 0 Å². The van der Waals surface area contributed by atoms with E-state index in [4.69, 9.17) is 42.6 Å². The van der Waals surface area contributed by atoms with Gasteiger partial charge in [0, 0.05) is 13.3 Å². The molecule has 0 radical (unpaired) electrons. The van der Waals surface area contributed by atoms with Crippen LogP contribution in [0.1, 0.15) is 13.3 Å². The molecule has 5 saturated heterocycles. The van der Waals surface area contributed by atoms with Crippen molar-refractivity contribution in [2.75, 3.05) is 39.6 Å². The molecule has 0 aliphatic carbocycles. The summed E-state index contributed by atoms with van der Waals surface area (Å²) in [4.78, 5) is 37.6. The van der Waals surface area contributed by atoms with Crippen molar-refractivity contribution in [2.24, 2.45) is 0 Å². The van der Waals surface area contributed by atoms with E-state index < -0.39 is 223 Å². The van der Waals surface area contributed by atoms with E-state index in [1.807, 2.05) is 0 Å². The fraction of sp³-hybridized carbons (Fsp3) is 0.919. The number of nitrogens with one attached hydrogen (secondary N) is 2. The van der Waals surface area contributed by atoms with Crippen LogP contribution in [0.5, 0.6) is 0 Å². The maximum absolute atomic E-state index is 12.9. The van der Waals surface area contributed by atoms with Gasteiger partial charge in [0.2, 0.25) is 11.8 Å². The monoisotopic (exact) mass is 1010 g/mol. The van der Waals surface area contributed by atoms with Gasteiger partial charge in [-0.1, -0.05) is 0 Å². The lowest BCUT2D eigenvalue weighted by Crippen LogP contribution is -2.71. The molecule has 26 atom stereocenters. The Morgan fingerprint density at radius 1 is 0.594 bits per heavy atom. The predicted molar refractivity (Wildman–Crippen MR) is 208 cm³/mol. The highest BCUT2D eigenvalue weighted by Gasteiger charge is 2.61. The number of rotatable bonds is 19. The summed E-state index contributed by atoms with van der Waals surface area (Å²) in [6.45, 7) is -5.51. The van der Waals surface area contributed by atoms with Crippen LogP contribution < -0.4 is 10.6 Å². The lowest BCUT2D eigenvalue weighted by molar-refractivity contribution is -0.390. The summed E-state index contributed by atoms with van der Waals surface area (Å²) in [6.07, 6.45) is -47.8. The van der Waals surface area contributed by atoms with E-state index in [1.165, 1.54) is 0 Å². The van der Waals surface area contributed by atoms with E-state index in [-0.39, 0.29) is 0 Å². The molecule has 0 aromatic heterocycles. The molecule has 0 saturated carbocycles. The van der Waals surface area contributed by atoms with Crippen LogP contribution in [-0.4, -0.2) is 308 Å². The highest BCUT2D eigenvalue weighted by molar-refractivity contribution is 5.78. The van der Waals surface area contributed by atoms with E-state index in [0.29, 0.717) is 0 Å². The third-order valence-electron chi connectivity index (χ3n) is 12.2. The van der Waals surface area contributed by atoms with Gasteiger partial charge in [0.25, 0.3) is 5.79 Å². The average Bonchev–Trinajstić information content (AvgIpc) is 3.32. The third-order valence-corrected chi connectivity index (χ3v) is 12.2. The van der Waals surface area contributed by atoms with Crippen LogP contribution in [0.3, 0.4) is 0 Å². The van der Waals surface area contributed by atoms with E-state index in [1.54, 1.807) is 0 Å². The van der Waals surface area contributed by atoms with E-state index in [2.05, 4.69) is 10.6 Å². The van der Waals surface area contributed by atoms with Crippen molar-refractivity contribution in [2.45, 2.75) is 172 Å². The van der Waals surface area contributed by atoms with Crippen molar-refractivity contribution < 1.29 is 149 Å². The molecule has 5 aliphatic rings. The minimum atomic E-state index is -3.23. The van der Waals surface area contributed by atoms with E-state index in [0.717, 1.165) is 6.92 Å². The molecule has 0 bridgehead atoms. The first-order valence-corrected chi connectivity index (χ1v) is 21.4. The summed E-state index contributed by atoms with van der Waals surface area (Å²) in [5.74, 6) is -7.40. The minimum Gasteiger partial charge on any atom is -0.477 e. The van der Waals surface area contributed by atoms with Crippen molar-refractivity contribution in [3.05, 3.63) is 0 Å². The van der Waals surface area contributed by atoms with Crippen LogP contribution in [-0.2, 0) is 57.0 Å². The molecule has 0 spiro atoms. The molecule has 5 rings (SSSR count). The molecule has 69 heavy (non-hydrogen) atoms. The Morgan fingerprint density at radius 2 is 1.09 bits per heavy atom. The second-order valence-corrected chi connectivity index (χ2v) is 16.9. The topological polar surface area (TPSA) is 522 Å². The molecular weight excluding hydrogens is 952 g/mol. The van der Waals surface area contributed by atoms with Gasteiger partial charge in [-0.05, 0) is 0 Å². The number of hydrogen-bond acceptors (Lipinski definition) is 29. The Balaban J connectivity index is 1.40. The molecule has 0 aromatic carbocycles. The normalized spacial score (nSPS) is 46.1. The van der Waals surface area contributed by atoms with Crippen LogP contribution in [0.15, 0.2) is 0 Å². The number of carbonyl (C=O) groups is 3. The standard InChI is InChI=1S/C37H62N2O30/c1-9(46)38-18-22(53)27(15(7-44)64-33(18)67-30-20(51)12(4-41)62-34(25(30)56)66-28-14(6-43)61-32(58)24(55)23(28)54)65-35-26(57)31(21(52)13(5-42)63-35)69-37(36(59)60)2-10(47)17(39-16(49)8-45)29(68-37)19(50)11(48)3-40/h10-15,17-35,40-45,47-48,50-58H,2-8H2,1H3,(H,38,46)(H,39,49)(H,59,60)/t10-,11+,12+,13+,14+,15+,17+,18+,19+,20-,21-,22+,23+,24+,25+,26+,27+,28+,29+,30-,31-,32?,33-,34-,35-,37-/m0/s1. The van der Waals surface area contributed by atoms with Crippen LogP contribution in [0.4, 0.5) is 0 Å². The number of carboxylic acid groups (broad SMARTS) is 1. The zero-order valence-corrected chi connectivity index (χ0v) is 36.3. The van der Waals surface area contributed by atoms with Crippen molar-refractivity contribution in [3.8, 4) is 0 Å². The third kappa shape index (κ3) is 12.3. The molecule has 400 valence electrons. The Bertz CT molecular complexity index is 1670. The Hall–Kier alpha value is -2.63. The van der Waals surface area contributed by atoms with E-state index >= 15 is 0 Å². The number of carbonyl (C=O) groups excluding carboxylic acids is 2. The van der Waals surface area contributed by atoms with Gasteiger partial charge in [-0.2, -0.15) is 0 Å². The Kier molecular flexibility index (Phi) is 20.2. The first-order valence-electron chi connectivity index (χ1n) is 21.4. The quantitative estimate of drug-likeness (QED) is 0.0571. The van der Waals surface area contributed by atoms with Crippen LogP contribution >= 0.6 is 0 Å². The zero-order chi connectivity index (χ0) is 51.4. The van der Waals surface area contributed by atoms with Gasteiger partial charge in [0.1, 0.15) is 123 Å². The molecule has 32 heteroatoms. The highest BCUT2D eigenvalue weighted by atomic mass is 16.8. The number of ether oxygens (including phenoxy) is 9. The zero-order valence-electron chi connectivity index (χ0n) is 36.3. The number of aliphatic hydroxyl groups is 17. The van der Waals surface area contributed by atoms with Gasteiger partial charge in [0.15, 0.2) is 25.2 Å². The summed E-state index contributed by atoms with van der Waals surface area (Å²) < 4.78 is 50.4. The molecule has 5 heterocycles. The van der Waals surface area contributed by atoms with Gasteiger partial charge in [-0.25, -0.2) is 4.79 Å². The Labute approximate surface area is 389 Å². The van der Waals surface area contributed by atoms with Crippen LogP contribution in [0.25, 0.3) is 0 Å². The fourth-order valence-corrected chi connectivity index (χ4v) is 8.54. The lowest BCUT2D eigenvalue weighted by atomic mass is 9.88. The van der Waals surface area contributed by atoms with E-state index in [9.17, 15) is 106 Å². The predicted octanol–water partition coefficient (Wildman–Crippen LogP) is -13.5. The maximum atomic E-state index is 12.9. The molecule has 5 fully saturated rings. The number of aliphatic hydroxyl groups excluding tert-OH is 17. The molecule has 32 nitrogen and oxygen atoms in total. The minimum absolute atomic E-state index is 0.894. The smallest absolute Gasteiger partial charge is 0.364 e. The largest absolute Gasteiger partial charge is 0.477 e. The lowest BCUT2D eigenvalue weighted by Gasteiger charge is -2.51. The number of amides is 2. The van der Waals surface area contributed by atoms with Crippen LogP contribution in [0, 0.1) is 0 Å². The summed E-state index contributed by atoms with van der Waals surface area (Å²) in [6, 6.07) is -3.64. The molecular formula is C37H62N2O30. The highest BCUT2D eigenvalue weighted by Crippen LogP contribution is 2.39. The molecule has 5 aliphatic heterocycles. The van der Waals surface area contributed by atoms with Crippen molar-refractivity contribution >= 4 is 17.8 Å². The second-order valence-electron chi connectivity index (χ2n) is 16.9. The second kappa shape index (κ2) is 24.4. The average molecular weight is 1010 g/mol. The SMILES string of the molecule is CC(=O)N[C@H]1[C@H](O[C@H]2[C@@H](O)[C@@H](CO)O[C@@H](O[C@H]3[C@H](O)[C@@H](O)C(O)O[C@@H]3CO)[C@@H]2O)O[C@H](CO)[C@@H](O[C@@H]2O[C@H](CO)[C@H](O)[C@H](O[C@]3(C(=O)O)C[C@H](O)[C@@H](NC(=O)CO)[C@H]([C@H](O)[C@H](O)CO)O3)[C@H]2O)[C@@H]1O. The summed E-state index contributed by atoms with van der Waals surface area (Å²) in [5, 5.41) is 194. The summed E-state index contributed by atoms with van der Waals surface area (Å²) >= 11 is 0. The molecule has 2 amide bonds. The van der Waals surface area contributed by atoms with Gasteiger partial charge in [0.05, 0.1) is 45.2 Å². The van der Waals surface area contributed by atoms with Crippen molar-refractivity contribution in [1.29, 1.82) is 0 Å². The maximum Gasteiger partial charge on any atom is 0.364 e. The van der Waals surface area contributed by atoms with Gasteiger partial charge >= 0.3 is 5.97 Å². The molecule has 1 unspecified atom stereocenters. The first kappa shape index (κ1) is 57.3. The number of carboxylic acids is 1.